The van der Waals surface area contributed by atoms with Crippen LogP contribution in [0.2, 0.25) is 0 Å². The van der Waals surface area contributed by atoms with Crippen LogP contribution in [0.5, 0.6) is 0 Å². The molecule has 7 heteroatoms. The summed E-state index contributed by atoms with van der Waals surface area (Å²) in [6, 6.07) is 7.71. The lowest BCUT2D eigenvalue weighted by Crippen LogP contribution is -2.42. The van der Waals surface area contributed by atoms with Crippen molar-refractivity contribution in [1.29, 1.82) is 0 Å². The van der Waals surface area contributed by atoms with E-state index in [1.165, 1.54) is 9.80 Å². The predicted molar refractivity (Wildman–Crippen MR) is 91.8 cm³/mol. The van der Waals surface area contributed by atoms with Crippen LogP contribution in [0.3, 0.4) is 0 Å². The van der Waals surface area contributed by atoms with E-state index in [2.05, 4.69) is 29.6 Å². The van der Waals surface area contributed by atoms with Crippen molar-refractivity contribution in [2.45, 2.75) is 30.2 Å². The molecule has 2 aliphatic heterocycles. The topological polar surface area (TPSA) is 69.7 Å². The van der Waals surface area contributed by atoms with E-state index in [-0.39, 0.29) is 30.4 Å². The van der Waals surface area contributed by atoms with E-state index in [1.807, 2.05) is 6.26 Å². The lowest BCUT2D eigenvalue weighted by molar-refractivity contribution is -0.131. The Morgan fingerprint density at radius 3 is 2.67 bits per heavy atom. The molecule has 3 rings (SSSR count). The van der Waals surface area contributed by atoms with Gasteiger partial charge in [0.2, 0.25) is 11.8 Å². The molecule has 24 heavy (non-hydrogen) atoms. The molecule has 0 unspecified atom stereocenters. The first-order valence-corrected chi connectivity index (χ1v) is 9.31. The van der Waals surface area contributed by atoms with Crippen LogP contribution in [-0.4, -0.2) is 59.6 Å². The Kier molecular flexibility index (Phi) is 5.08. The quantitative estimate of drug-likeness (QED) is 0.647. The molecule has 2 heterocycles. The van der Waals surface area contributed by atoms with Gasteiger partial charge in [0, 0.05) is 24.4 Å². The highest BCUT2D eigenvalue weighted by molar-refractivity contribution is 7.98. The number of benzene rings is 1. The molecule has 0 radical (unpaired) electrons. The molecule has 6 nitrogen and oxygen atoms in total. The largest absolute Gasteiger partial charge is 0.341 e. The number of urea groups is 1. The molecule has 1 aromatic carbocycles. The summed E-state index contributed by atoms with van der Waals surface area (Å²) in [6.45, 7) is 1.12. The lowest BCUT2D eigenvalue weighted by Gasteiger charge is -2.21. The highest BCUT2D eigenvalue weighted by Gasteiger charge is 2.39. The number of imide groups is 1. The number of carbonyl (C=O) groups is 3. The summed E-state index contributed by atoms with van der Waals surface area (Å²) in [5.74, 6) is -0.119. The zero-order chi connectivity index (χ0) is 17.1. The van der Waals surface area contributed by atoms with E-state index in [1.54, 1.807) is 16.7 Å². The maximum absolute atomic E-state index is 12.4. The number of amides is 4. The summed E-state index contributed by atoms with van der Waals surface area (Å²) >= 11 is 1.69. The first kappa shape index (κ1) is 16.8. The molecule has 2 aliphatic rings. The van der Waals surface area contributed by atoms with Crippen LogP contribution in [0.4, 0.5) is 4.79 Å². The number of rotatable bonds is 5. The monoisotopic (exact) mass is 347 g/mol. The highest BCUT2D eigenvalue weighted by Crippen LogP contribution is 2.20. The number of hydrogen-bond donors (Lipinski definition) is 1. The zero-order valence-electron chi connectivity index (χ0n) is 13.7. The molecule has 0 aromatic heterocycles. The average Bonchev–Trinajstić information content (AvgIpc) is 3.20. The number of nitrogens with one attached hydrogen (secondary N) is 1. The predicted octanol–water partition coefficient (Wildman–Crippen LogP) is 1.49. The fourth-order valence-electron chi connectivity index (χ4n) is 3.18. The van der Waals surface area contributed by atoms with E-state index in [0.29, 0.717) is 32.4 Å². The fraction of sp³-hybridized carbons (Fsp3) is 0.471. The van der Waals surface area contributed by atoms with Crippen LogP contribution in [0, 0.1) is 0 Å². The van der Waals surface area contributed by atoms with Crippen LogP contribution in [-0.2, 0) is 16.0 Å². The Balaban J connectivity index is 1.51. The smallest absolute Gasteiger partial charge is 0.324 e. The zero-order valence-corrected chi connectivity index (χ0v) is 14.5. The van der Waals surface area contributed by atoms with Crippen molar-refractivity contribution < 1.29 is 14.4 Å². The molecule has 4 amide bonds. The Hall–Kier alpha value is -2.02. The summed E-state index contributed by atoms with van der Waals surface area (Å²) in [5, 5.41) is 2.53. The second-order valence-electron chi connectivity index (χ2n) is 6.05. The standard InChI is InChI=1S/C17H21N3O3S/c1-24-14-5-2-12(3-6-14)4-7-15(21)19-9-8-13(11-19)20-16(22)10-18-17(20)23/h2-3,5-6,13H,4,7-11H2,1H3,(H,18,23)/t13-/m0/s1. The van der Waals surface area contributed by atoms with Crippen molar-refractivity contribution in [3.63, 3.8) is 0 Å². The Morgan fingerprint density at radius 2 is 2.04 bits per heavy atom. The van der Waals surface area contributed by atoms with Gasteiger partial charge >= 0.3 is 6.03 Å². The van der Waals surface area contributed by atoms with Gasteiger partial charge in [-0.3, -0.25) is 14.5 Å². The van der Waals surface area contributed by atoms with Gasteiger partial charge in [0.25, 0.3) is 0 Å². The Bertz CT molecular complexity index is 631. The maximum Gasteiger partial charge on any atom is 0.324 e. The number of carbonyl (C=O) groups excluding carboxylic acids is 3. The van der Waals surface area contributed by atoms with Gasteiger partial charge < -0.3 is 10.2 Å². The Labute approximate surface area is 145 Å². The molecule has 2 fully saturated rings. The van der Waals surface area contributed by atoms with Crippen molar-refractivity contribution in [3.05, 3.63) is 29.8 Å². The summed E-state index contributed by atoms with van der Waals surface area (Å²) < 4.78 is 0. The molecule has 1 atom stereocenters. The Morgan fingerprint density at radius 1 is 1.29 bits per heavy atom. The second kappa shape index (κ2) is 7.25. The molecule has 2 saturated heterocycles. The van der Waals surface area contributed by atoms with Crippen molar-refractivity contribution in [1.82, 2.24) is 15.1 Å². The van der Waals surface area contributed by atoms with Crippen molar-refractivity contribution >= 4 is 29.6 Å². The summed E-state index contributed by atoms with van der Waals surface area (Å²) in [4.78, 5) is 40.1. The summed E-state index contributed by atoms with van der Waals surface area (Å²) in [7, 11) is 0. The van der Waals surface area contributed by atoms with E-state index >= 15 is 0 Å². The molecule has 1 N–H and O–H groups in total. The molecule has 1 aromatic rings. The van der Waals surface area contributed by atoms with Gasteiger partial charge in [0.15, 0.2) is 0 Å². The highest BCUT2D eigenvalue weighted by atomic mass is 32.2. The molecular formula is C17H21N3O3S. The molecule has 0 saturated carbocycles. The van der Waals surface area contributed by atoms with Crippen LogP contribution in [0.25, 0.3) is 0 Å². The normalized spacial score (nSPS) is 20.6. The van der Waals surface area contributed by atoms with Crippen LogP contribution >= 0.6 is 11.8 Å². The van der Waals surface area contributed by atoms with E-state index in [9.17, 15) is 14.4 Å². The van der Waals surface area contributed by atoms with Crippen molar-refractivity contribution in [2.75, 3.05) is 25.9 Å². The minimum atomic E-state index is -0.340. The third kappa shape index (κ3) is 3.56. The first-order chi connectivity index (χ1) is 11.6. The van der Waals surface area contributed by atoms with Crippen LogP contribution in [0.15, 0.2) is 29.2 Å². The lowest BCUT2D eigenvalue weighted by atomic mass is 10.1. The van der Waals surface area contributed by atoms with E-state index < -0.39 is 0 Å². The minimum Gasteiger partial charge on any atom is -0.341 e. The number of likely N-dealkylation sites (tertiary alicyclic amines) is 1. The molecular weight excluding hydrogens is 326 g/mol. The van der Waals surface area contributed by atoms with Crippen molar-refractivity contribution in [3.8, 4) is 0 Å². The van der Waals surface area contributed by atoms with Gasteiger partial charge in [-0.15, -0.1) is 11.8 Å². The molecule has 0 bridgehead atoms. The van der Waals surface area contributed by atoms with Gasteiger partial charge in [-0.1, -0.05) is 12.1 Å². The van der Waals surface area contributed by atoms with Gasteiger partial charge in [-0.05, 0) is 36.8 Å². The van der Waals surface area contributed by atoms with Gasteiger partial charge in [0.1, 0.15) is 0 Å². The van der Waals surface area contributed by atoms with E-state index in [0.717, 1.165) is 5.56 Å². The number of hydrogen-bond acceptors (Lipinski definition) is 4. The van der Waals surface area contributed by atoms with E-state index in [4.69, 9.17) is 0 Å². The maximum atomic E-state index is 12.4. The van der Waals surface area contributed by atoms with Crippen molar-refractivity contribution in [2.24, 2.45) is 0 Å². The summed E-state index contributed by atoms with van der Waals surface area (Å²) in [6.07, 6.45) is 3.85. The molecule has 0 spiro atoms. The van der Waals surface area contributed by atoms with Gasteiger partial charge in [-0.25, -0.2) is 4.79 Å². The number of nitrogens with zero attached hydrogens (tertiary/aromatic N) is 2. The third-order valence-corrected chi connectivity index (χ3v) is 5.29. The van der Waals surface area contributed by atoms with Crippen LogP contribution in [0.1, 0.15) is 18.4 Å². The average molecular weight is 347 g/mol. The SMILES string of the molecule is CSc1ccc(CCC(=O)N2CC[C@H](N3C(=O)CNC3=O)C2)cc1. The van der Waals surface area contributed by atoms with Crippen LogP contribution < -0.4 is 5.32 Å². The first-order valence-electron chi connectivity index (χ1n) is 8.09. The number of aryl methyl sites for hydroxylation is 1. The molecule has 128 valence electrons. The fourth-order valence-corrected chi connectivity index (χ4v) is 3.59. The van der Waals surface area contributed by atoms with Gasteiger partial charge in [-0.2, -0.15) is 0 Å². The molecule has 0 aliphatic carbocycles. The third-order valence-electron chi connectivity index (χ3n) is 4.55. The number of thioether (sulfide) groups is 1. The minimum absolute atomic E-state index is 0.0648. The second-order valence-corrected chi connectivity index (χ2v) is 6.93. The van der Waals surface area contributed by atoms with Gasteiger partial charge in [0.05, 0.1) is 12.6 Å². The summed E-state index contributed by atoms with van der Waals surface area (Å²) in [5.41, 5.74) is 1.14.